The number of rotatable bonds is 3. The van der Waals surface area contributed by atoms with Crippen LogP contribution in [0.15, 0.2) is 41.5 Å². The van der Waals surface area contributed by atoms with E-state index in [0.717, 1.165) is 23.0 Å². The van der Waals surface area contributed by atoms with Crippen molar-refractivity contribution in [1.82, 2.24) is 0 Å². The highest BCUT2D eigenvalue weighted by molar-refractivity contribution is 7.95. The van der Waals surface area contributed by atoms with Crippen molar-refractivity contribution in [3.8, 4) is 0 Å². The molecule has 1 rings (SSSR count). The molecule has 3 heteroatoms. The zero-order valence-electron chi connectivity index (χ0n) is 10.8. The van der Waals surface area contributed by atoms with Crippen molar-refractivity contribution in [2.24, 2.45) is 5.41 Å². The lowest BCUT2D eigenvalue weighted by molar-refractivity contribution is 0.376. The minimum Gasteiger partial charge on any atom is -0.223 e. The third-order valence-corrected chi connectivity index (χ3v) is 5.39. The summed E-state index contributed by atoms with van der Waals surface area (Å²) >= 11 is 0. The first-order chi connectivity index (χ1) is 7.76. The van der Waals surface area contributed by atoms with E-state index in [0.29, 0.717) is 6.42 Å². The maximum Gasteiger partial charge on any atom is 0.185 e. The second kappa shape index (κ2) is 4.67. The topological polar surface area (TPSA) is 34.1 Å². The molecule has 0 heterocycles. The summed E-state index contributed by atoms with van der Waals surface area (Å²) in [6.07, 6.45) is 3.28. The summed E-state index contributed by atoms with van der Waals surface area (Å²) in [5.74, 6) is 0. The molecule has 0 amide bonds. The van der Waals surface area contributed by atoms with Crippen molar-refractivity contribution in [3.05, 3.63) is 41.5 Å². The van der Waals surface area contributed by atoms with Gasteiger partial charge in [-0.05, 0) is 30.8 Å². The van der Waals surface area contributed by atoms with Gasteiger partial charge in [-0.25, -0.2) is 8.42 Å². The van der Waals surface area contributed by atoms with Gasteiger partial charge in [0, 0.05) is 0 Å². The Morgan fingerprint density at radius 2 is 2.06 bits per heavy atom. The molecule has 0 fully saturated rings. The van der Waals surface area contributed by atoms with E-state index in [2.05, 4.69) is 32.7 Å². The molecule has 0 bridgehead atoms. The van der Waals surface area contributed by atoms with E-state index in [-0.39, 0.29) is 5.41 Å². The molecule has 94 valence electrons. The Hall–Kier alpha value is -1.05. The fourth-order valence-corrected chi connectivity index (χ4v) is 4.06. The third-order valence-electron chi connectivity index (χ3n) is 3.52. The Bertz CT molecular complexity index is 500. The van der Waals surface area contributed by atoms with Crippen molar-refractivity contribution in [2.75, 3.05) is 0 Å². The summed E-state index contributed by atoms with van der Waals surface area (Å²) in [6.45, 7) is 13.3. The summed E-state index contributed by atoms with van der Waals surface area (Å²) < 4.78 is 24.1. The summed E-state index contributed by atoms with van der Waals surface area (Å²) in [7, 11) is -3.28. The SMILES string of the molecule is C=C=CS(=O)(=O)C1CCC(C)(C)C(C=C)=C1C. The maximum atomic E-state index is 12.0. The molecule has 0 aromatic rings. The second-order valence-corrected chi connectivity index (χ2v) is 7.11. The average Bonchev–Trinajstić information content (AvgIpc) is 2.16. The molecule has 0 aromatic carbocycles. The van der Waals surface area contributed by atoms with Gasteiger partial charge >= 0.3 is 0 Å². The van der Waals surface area contributed by atoms with E-state index in [1.807, 2.05) is 6.92 Å². The van der Waals surface area contributed by atoms with Crippen molar-refractivity contribution in [2.45, 2.75) is 38.9 Å². The van der Waals surface area contributed by atoms with E-state index < -0.39 is 15.1 Å². The molecule has 1 aliphatic rings. The molecule has 0 spiro atoms. The van der Waals surface area contributed by atoms with Crippen molar-refractivity contribution >= 4 is 9.84 Å². The Morgan fingerprint density at radius 1 is 1.47 bits per heavy atom. The van der Waals surface area contributed by atoms with Gasteiger partial charge in [-0.1, -0.05) is 38.7 Å². The Morgan fingerprint density at radius 3 is 2.53 bits per heavy atom. The van der Waals surface area contributed by atoms with Crippen LogP contribution in [-0.2, 0) is 9.84 Å². The van der Waals surface area contributed by atoms with Gasteiger partial charge in [0.05, 0.1) is 10.7 Å². The van der Waals surface area contributed by atoms with E-state index in [1.165, 1.54) is 0 Å². The molecule has 0 N–H and O–H groups in total. The smallest absolute Gasteiger partial charge is 0.185 e. The minimum atomic E-state index is -3.28. The number of allylic oxidation sites excluding steroid dienone is 2. The zero-order valence-corrected chi connectivity index (χ0v) is 11.6. The lowest BCUT2D eigenvalue weighted by Crippen LogP contribution is -2.31. The van der Waals surface area contributed by atoms with Crippen molar-refractivity contribution in [3.63, 3.8) is 0 Å². The van der Waals surface area contributed by atoms with Gasteiger partial charge in [-0.2, -0.15) is 0 Å². The molecule has 0 aromatic heterocycles. The molecule has 1 unspecified atom stereocenters. The van der Waals surface area contributed by atoms with Crippen LogP contribution in [0.5, 0.6) is 0 Å². The first-order valence-electron chi connectivity index (χ1n) is 5.69. The lowest BCUT2D eigenvalue weighted by atomic mass is 9.72. The minimum absolute atomic E-state index is 0.00967. The zero-order chi connectivity index (χ0) is 13.3. The largest absolute Gasteiger partial charge is 0.223 e. The summed E-state index contributed by atoms with van der Waals surface area (Å²) in [5, 5.41) is 0.637. The normalized spacial score (nSPS) is 24.1. The van der Waals surface area contributed by atoms with Gasteiger partial charge < -0.3 is 0 Å². The quantitative estimate of drug-likeness (QED) is 0.721. The van der Waals surface area contributed by atoms with Gasteiger partial charge in [0.15, 0.2) is 9.84 Å². The predicted octanol–water partition coefficient (Wildman–Crippen LogP) is 3.39. The van der Waals surface area contributed by atoms with Crippen LogP contribution >= 0.6 is 0 Å². The first kappa shape index (κ1) is 14.0. The standard InChI is InChI=1S/C14H20O2S/c1-6-10-17(15,16)13-8-9-14(4,5)12(7-2)11(13)3/h7,10,13H,1-2,8-9H2,3-5H3. The first-order valence-corrected chi connectivity index (χ1v) is 7.30. The highest BCUT2D eigenvalue weighted by atomic mass is 32.2. The van der Waals surface area contributed by atoms with E-state index >= 15 is 0 Å². The molecular weight excluding hydrogens is 232 g/mol. The van der Waals surface area contributed by atoms with Crippen LogP contribution < -0.4 is 0 Å². The Kier molecular flexibility index (Phi) is 3.85. The van der Waals surface area contributed by atoms with Gasteiger partial charge in [-0.15, -0.1) is 5.73 Å². The Labute approximate surface area is 104 Å². The molecule has 0 saturated carbocycles. The fraction of sp³-hybridized carbons (Fsp3) is 0.500. The van der Waals surface area contributed by atoms with Crippen molar-refractivity contribution in [1.29, 1.82) is 0 Å². The maximum absolute atomic E-state index is 12.0. The molecule has 1 aliphatic carbocycles. The van der Waals surface area contributed by atoms with Crippen LogP contribution in [0.3, 0.4) is 0 Å². The predicted molar refractivity (Wildman–Crippen MR) is 72.3 cm³/mol. The van der Waals surface area contributed by atoms with Crippen LogP contribution in [0.2, 0.25) is 0 Å². The second-order valence-electron chi connectivity index (χ2n) is 5.12. The highest BCUT2D eigenvalue weighted by Gasteiger charge is 2.36. The van der Waals surface area contributed by atoms with Crippen LogP contribution in [0.25, 0.3) is 0 Å². The molecule has 0 aliphatic heterocycles. The number of hydrogen-bond acceptors (Lipinski definition) is 2. The summed E-state index contributed by atoms with van der Waals surface area (Å²) in [5.41, 5.74) is 4.33. The fourth-order valence-electron chi connectivity index (χ4n) is 2.60. The molecule has 2 nitrogen and oxygen atoms in total. The Balaban J connectivity index is 3.34. The monoisotopic (exact) mass is 252 g/mol. The third kappa shape index (κ3) is 2.62. The van der Waals surface area contributed by atoms with E-state index in [4.69, 9.17) is 0 Å². The molecule has 17 heavy (non-hydrogen) atoms. The van der Waals surface area contributed by atoms with Crippen molar-refractivity contribution < 1.29 is 8.42 Å². The average molecular weight is 252 g/mol. The van der Waals surface area contributed by atoms with E-state index in [9.17, 15) is 8.42 Å². The number of hydrogen-bond donors (Lipinski definition) is 0. The van der Waals surface area contributed by atoms with Gasteiger partial charge in [0.1, 0.15) is 0 Å². The van der Waals surface area contributed by atoms with E-state index in [1.54, 1.807) is 6.08 Å². The molecular formula is C14H20O2S. The van der Waals surface area contributed by atoms with Crippen LogP contribution in [0, 0.1) is 5.41 Å². The van der Waals surface area contributed by atoms with Gasteiger partial charge in [-0.3, -0.25) is 0 Å². The van der Waals surface area contributed by atoms with Crippen LogP contribution in [-0.4, -0.2) is 13.7 Å². The highest BCUT2D eigenvalue weighted by Crippen LogP contribution is 2.42. The molecule has 1 atom stereocenters. The van der Waals surface area contributed by atoms with Crippen LogP contribution in [0.4, 0.5) is 0 Å². The van der Waals surface area contributed by atoms with Crippen LogP contribution in [0.1, 0.15) is 33.6 Å². The summed E-state index contributed by atoms with van der Waals surface area (Å²) in [4.78, 5) is 0. The van der Waals surface area contributed by atoms with Gasteiger partial charge in [0.2, 0.25) is 0 Å². The molecule has 0 radical (unpaired) electrons. The summed E-state index contributed by atoms with van der Waals surface area (Å²) in [6, 6.07) is 0. The van der Waals surface area contributed by atoms with Gasteiger partial charge in [0.25, 0.3) is 0 Å². The molecule has 0 saturated heterocycles. The number of sulfone groups is 1. The lowest BCUT2D eigenvalue weighted by Gasteiger charge is -2.36.